The third-order valence-electron chi connectivity index (χ3n) is 4.53. The van der Waals surface area contributed by atoms with E-state index >= 15 is 0 Å². The van der Waals surface area contributed by atoms with Crippen molar-refractivity contribution in [2.75, 3.05) is 5.32 Å². The molecule has 0 atom stereocenters. The summed E-state index contributed by atoms with van der Waals surface area (Å²) in [6.07, 6.45) is 2.88. The van der Waals surface area contributed by atoms with Crippen LogP contribution in [-0.4, -0.2) is 31.1 Å². The number of H-pyrrole nitrogens is 1. The lowest BCUT2D eigenvalue weighted by Gasteiger charge is -2.11. The quantitative estimate of drug-likeness (QED) is 0.572. The number of nitrogens with zero attached hydrogens (tertiary/aromatic N) is 4. The van der Waals surface area contributed by atoms with Crippen molar-refractivity contribution in [1.82, 2.24) is 25.2 Å². The Labute approximate surface area is 156 Å². The summed E-state index contributed by atoms with van der Waals surface area (Å²) < 4.78 is 1.66. The summed E-state index contributed by atoms with van der Waals surface area (Å²) in [5, 5.41) is 15.9. The fourth-order valence-corrected chi connectivity index (χ4v) is 3.19. The maximum atomic E-state index is 12.7. The van der Waals surface area contributed by atoms with Gasteiger partial charge >= 0.3 is 0 Å². The Balaban J connectivity index is 1.58. The second kappa shape index (κ2) is 7.03. The maximum absolute atomic E-state index is 12.7. The molecule has 0 radical (unpaired) electrons. The van der Waals surface area contributed by atoms with Crippen LogP contribution in [0.1, 0.15) is 23.9 Å². The first-order chi connectivity index (χ1) is 13.2. The zero-order chi connectivity index (χ0) is 18.8. The number of tetrazole rings is 1. The van der Waals surface area contributed by atoms with Gasteiger partial charge in [0.05, 0.1) is 17.8 Å². The number of carbonyl (C=O) groups excluding carboxylic acids is 1. The largest absolute Gasteiger partial charge is 0.361 e. The summed E-state index contributed by atoms with van der Waals surface area (Å²) in [7, 11) is 0. The fourth-order valence-electron chi connectivity index (χ4n) is 3.19. The van der Waals surface area contributed by atoms with Gasteiger partial charge in [-0.1, -0.05) is 31.2 Å². The minimum atomic E-state index is -0.0879. The number of hydrogen-bond acceptors (Lipinski definition) is 4. The van der Waals surface area contributed by atoms with Crippen molar-refractivity contribution in [1.29, 1.82) is 0 Å². The van der Waals surface area contributed by atoms with Gasteiger partial charge in [0.1, 0.15) is 0 Å². The van der Waals surface area contributed by atoms with Crippen molar-refractivity contribution >= 4 is 22.5 Å². The number of para-hydroxylation sites is 2. The average Bonchev–Trinajstić information content (AvgIpc) is 3.29. The molecule has 1 amide bonds. The van der Waals surface area contributed by atoms with Crippen molar-refractivity contribution in [3.63, 3.8) is 0 Å². The first kappa shape index (κ1) is 17.0. The van der Waals surface area contributed by atoms with Gasteiger partial charge in [-0.25, -0.2) is 0 Å². The predicted octanol–water partition coefficient (Wildman–Crippen LogP) is 3.20. The topological polar surface area (TPSA) is 88.5 Å². The van der Waals surface area contributed by atoms with Gasteiger partial charge in [-0.05, 0) is 46.7 Å². The number of fused-ring (bicyclic) bond motifs is 1. The molecule has 2 N–H and O–H groups in total. The van der Waals surface area contributed by atoms with Gasteiger partial charge in [-0.2, -0.15) is 4.68 Å². The molecule has 136 valence electrons. The Morgan fingerprint density at radius 2 is 2.07 bits per heavy atom. The van der Waals surface area contributed by atoms with Crippen LogP contribution in [0.2, 0.25) is 0 Å². The minimum Gasteiger partial charge on any atom is -0.361 e. The van der Waals surface area contributed by atoms with E-state index in [0.717, 1.165) is 28.0 Å². The van der Waals surface area contributed by atoms with Crippen LogP contribution >= 0.6 is 0 Å². The van der Waals surface area contributed by atoms with E-state index in [0.29, 0.717) is 12.1 Å². The standard InChI is InChI=1S/C20H20N6O/c1-3-19-23-24-25-26(19)18-7-5-4-6-16(18)22-20(27)11-14-12-21-17-10-13(2)8-9-15(14)17/h4-10,12,21H,3,11H2,1-2H3,(H,22,27). The van der Waals surface area contributed by atoms with Crippen molar-refractivity contribution in [2.45, 2.75) is 26.7 Å². The predicted molar refractivity (Wildman–Crippen MR) is 104 cm³/mol. The summed E-state index contributed by atoms with van der Waals surface area (Å²) in [4.78, 5) is 15.9. The molecule has 7 nitrogen and oxygen atoms in total. The van der Waals surface area contributed by atoms with Crippen molar-refractivity contribution < 1.29 is 4.79 Å². The van der Waals surface area contributed by atoms with Crippen LogP contribution in [0.15, 0.2) is 48.7 Å². The number of aromatic amines is 1. The molecule has 27 heavy (non-hydrogen) atoms. The lowest BCUT2D eigenvalue weighted by molar-refractivity contribution is -0.115. The van der Waals surface area contributed by atoms with E-state index < -0.39 is 0 Å². The zero-order valence-electron chi connectivity index (χ0n) is 15.2. The van der Waals surface area contributed by atoms with E-state index in [2.05, 4.69) is 38.0 Å². The summed E-state index contributed by atoms with van der Waals surface area (Å²) >= 11 is 0. The smallest absolute Gasteiger partial charge is 0.228 e. The Bertz CT molecular complexity index is 1110. The van der Waals surface area contributed by atoms with Gasteiger partial charge in [0.15, 0.2) is 5.82 Å². The maximum Gasteiger partial charge on any atom is 0.228 e. The van der Waals surface area contributed by atoms with Gasteiger partial charge in [-0.15, -0.1) is 5.10 Å². The highest BCUT2D eigenvalue weighted by Gasteiger charge is 2.14. The van der Waals surface area contributed by atoms with Gasteiger partial charge in [0.25, 0.3) is 0 Å². The molecule has 2 aromatic carbocycles. The van der Waals surface area contributed by atoms with Crippen LogP contribution in [0, 0.1) is 6.92 Å². The lowest BCUT2D eigenvalue weighted by Crippen LogP contribution is -2.16. The van der Waals surface area contributed by atoms with Crippen LogP contribution in [0.5, 0.6) is 0 Å². The van der Waals surface area contributed by atoms with Gasteiger partial charge in [-0.3, -0.25) is 4.79 Å². The number of aromatic nitrogens is 5. The number of benzene rings is 2. The normalized spacial score (nSPS) is 11.0. The van der Waals surface area contributed by atoms with Crippen molar-refractivity contribution in [3.8, 4) is 5.69 Å². The third kappa shape index (κ3) is 3.31. The molecule has 4 aromatic rings. The second-order valence-electron chi connectivity index (χ2n) is 6.47. The molecule has 7 heteroatoms. The number of hydrogen-bond donors (Lipinski definition) is 2. The van der Waals surface area contributed by atoms with Crippen LogP contribution in [0.25, 0.3) is 16.6 Å². The number of carbonyl (C=O) groups is 1. The first-order valence-electron chi connectivity index (χ1n) is 8.89. The van der Waals surface area contributed by atoms with Crippen LogP contribution in [-0.2, 0) is 17.6 Å². The molecular formula is C20H20N6O. The zero-order valence-corrected chi connectivity index (χ0v) is 15.2. The summed E-state index contributed by atoms with van der Waals surface area (Å²) in [5.74, 6) is 0.652. The second-order valence-corrected chi connectivity index (χ2v) is 6.47. The van der Waals surface area contributed by atoms with E-state index in [1.165, 1.54) is 5.56 Å². The molecule has 0 aliphatic carbocycles. The Hall–Kier alpha value is -3.48. The summed E-state index contributed by atoms with van der Waals surface area (Å²) in [6, 6.07) is 13.7. The summed E-state index contributed by atoms with van der Waals surface area (Å²) in [6.45, 7) is 4.04. The highest BCUT2D eigenvalue weighted by molar-refractivity contribution is 5.97. The van der Waals surface area contributed by atoms with Crippen molar-refractivity contribution in [2.24, 2.45) is 0 Å². The molecule has 0 aliphatic heterocycles. The van der Waals surface area contributed by atoms with E-state index in [1.807, 2.05) is 50.4 Å². The van der Waals surface area contributed by atoms with E-state index in [4.69, 9.17) is 0 Å². The van der Waals surface area contributed by atoms with Crippen molar-refractivity contribution in [3.05, 3.63) is 65.6 Å². The molecule has 0 saturated carbocycles. The summed E-state index contributed by atoms with van der Waals surface area (Å²) in [5.41, 5.74) is 4.63. The molecule has 0 spiro atoms. The molecule has 2 aromatic heterocycles. The highest BCUT2D eigenvalue weighted by atomic mass is 16.1. The number of anilines is 1. The molecule has 0 aliphatic rings. The molecule has 0 fully saturated rings. The minimum absolute atomic E-state index is 0.0879. The molecule has 4 rings (SSSR count). The Kier molecular flexibility index (Phi) is 4.42. The van der Waals surface area contributed by atoms with Gasteiger partial charge in [0, 0.05) is 23.5 Å². The molecule has 0 bridgehead atoms. The number of amides is 1. The lowest BCUT2D eigenvalue weighted by atomic mass is 10.1. The SMILES string of the molecule is CCc1nnnn1-c1ccccc1NC(=O)Cc1c[nH]c2cc(C)ccc12. The van der Waals surface area contributed by atoms with E-state index in [9.17, 15) is 4.79 Å². The molecule has 0 unspecified atom stereocenters. The number of rotatable bonds is 5. The van der Waals surface area contributed by atoms with Gasteiger partial charge in [0.2, 0.25) is 5.91 Å². The number of nitrogens with one attached hydrogen (secondary N) is 2. The first-order valence-corrected chi connectivity index (χ1v) is 8.89. The fraction of sp³-hybridized carbons (Fsp3) is 0.200. The van der Waals surface area contributed by atoms with Crippen LogP contribution in [0.4, 0.5) is 5.69 Å². The van der Waals surface area contributed by atoms with Gasteiger partial charge < -0.3 is 10.3 Å². The number of aryl methyl sites for hydroxylation is 2. The Morgan fingerprint density at radius 1 is 1.22 bits per heavy atom. The van der Waals surface area contributed by atoms with E-state index in [-0.39, 0.29) is 12.3 Å². The Morgan fingerprint density at radius 3 is 2.93 bits per heavy atom. The highest BCUT2D eigenvalue weighted by Crippen LogP contribution is 2.23. The van der Waals surface area contributed by atoms with Crippen LogP contribution < -0.4 is 5.32 Å². The molecular weight excluding hydrogens is 340 g/mol. The van der Waals surface area contributed by atoms with E-state index in [1.54, 1.807) is 4.68 Å². The third-order valence-corrected chi connectivity index (χ3v) is 4.53. The molecule has 0 saturated heterocycles. The van der Waals surface area contributed by atoms with Crippen LogP contribution in [0.3, 0.4) is 0 Å². The monoisotopic (exact) mass is 360 g/mol. The average molecular weight is 360 g/mol. The molecule has 2 heterocycles.